The molecule has 136 valence electrons. The predicted octanol–water partition coefficient (Wildman–Crippen LogP) is 3.42. The average molecular weight is 355 g/mol. The molecule has 1 aliphatic rings. The average Bonchev–Trinajstić information content (AvgIpc) is 3.15. The number of anilines is 3. The number of hydrogen-bond acceptors (Lipinski definition) is 3. The monoisotopic (exact) mass is 355 g/mol. The Morgan fingerprint density at radius 3 is 2.35 bits per heavy atom. The van der Waals surface area contributed by atoms with Crippen molar-refractivity contribution in [3.8, 4) is 0 Å². The molecule has 1 saturated heterocycles. The Labute approximate surface area is 152 Å². The maximum atomic E-state index is 13.9. The van der Waals surface area contributed by atoms with Crippen LogP contribution >= 0.6 is 0 Å². The van der Waals surface area contributed by atoms with Crippen molar-refractivity contribution in [1.29, 1.82) is 0 Å². The molecule has 0 unspecified atom stereocenters. The van der Waals surface area contributed by atoms with Crippen LogP contribution in [0.4, 0.5) is 21.5 Å². The molecule has 1 heterocycles. The maximum Gasteiger partial charge on any atom is 0.244 e. The van der Waals surface area contributed by atoms with Gasteiger partial charge in [0.1, 0.15) is 12.4 Å². The standard InChI is InChI=1S/C20H22FN3O2/c1-15(25)24(19-7-3-2-6-18(19)21)14-20(26)22-16-8-10-17(11-9-16)23-12-4-5-13-23/h2-3,6-11H,4-5,12-14H2,1H3,(H,22,26). The molecule has 0 bridgehead atoms. The topological polar surface area (TPSA) is 52.7 Å². The Kier molecular flexibility index (Phi) is 5.51. The Morgan fingerprint density at radius 1 is 1.08 bits per heavy atom. The number of nitrogens with one attached hydrogen (secondary N) is 1. The summed E-state index contributed by atoms with van der Waals surface area (Å²) in [4.78, 5) is 27.6. The zero-order valence-electron chi connectivity index (χ0n) is 14.7. The van der Waals surface area contributed by atoms with Crippen LogP contribution in [0.3, 0.4) is 0 Å². The largest absolute Gasteiger partial charge is 0.372 e. The summed E-state index contributed by atoms with van der Waals surface area (Å²) in [5, 5.41) is 2.76. The van der Waals surface area contributed by atoms with Gasteiger partial charge >= 0.3 is 0 Å². The molecule has 2 amide bonds. The molecule has 0 aromatic heterocycles. The van der Waals surface area contributed by atoms with Crippen LogP contribution in [-0.4, -0.2) is 31.4 Å². The van der Waals surface area contributed by atoms with Gasteiger partial charge in [-0.1, -0.05) is 12.1 Å². The number of carbonyl (C=O) groups is 2. The van der Waals surface area contributed by atoms with Crippen LogP contribution in [0.2, 0.25) is 0 Å². The first kappa shape index (κ1) is 17.9. The fourth-order valence-corrected chi connectivity index (χ4v) is 3.11. The molecule has 1 fully saturated rings. The normalized spacial score (nSPS) is 13.5. The van der Waals surface area contributed by atoms with E-state index in [1.165, 1.54) is 31.9 Å². The van der Waals surface area contributed by atoms with Gasteiger partial charge in [0.05, 0.1) is 5.69 Å². The van der Waals surface area contributed by atoms with Gasteiger partial charge in [-0.05, 0) is 49.2 Å². The highest BCUT2D eigenvalue weighted by atomic mass is 19.1. The van der Waals surface area contributed by atoms with Crippen LogP contribution in [-0.2, 0) is 9.59 Å². The van der Waals surface area contributed by atoms with Gasteiger partial charge in [0.25, 0.3) is 0 Å². The van der Waals surface area contributed by atoms with E-state index in [9.17, 15) is 14.0 Å². The van der Waals surface area contributed by atoms with Crippen LogP contribution in [0.1, 0.15) is 19.8 Å². The summed E-state index contributed by atoms with van der Waals surface area (Å²) >= 11 is 0. The maximum absolute atomic E-state index is 13.9. The first-order valence-corrected chi connectivity index (χ1v) is 8.72. The number of nitrogens with zero attached hydrogens (tertiary/aromatic N) is 2. The predicted molar refractivity (Wildman–Crippen MR) is 101 cm³/mol. The lowest BCUT2D eigenvalue weighted by molar-refractivity contribution is -0.120. The summed E-state index contributed by atoms with van der Waals surface area (Å²) < 4.78 is 13.9. The first-order valence-electron chi connectivity index (χ1n) is 8.72. The van der Waals surface area contributed by atoms with Crippen LogP contribution in [0, 0.1) is 5.82 Å². The molecule has 26 heavy (non-hydrogen) atoms. The Morgan fingerprint density at radius 2 is 1.73 bits per heavy atom. The van der Waals surface area contributed by atoms with E-state index < -0.39 is 11.7 Å². The lowest BCUT2D eigenvalue weighted by Crippen LogP contribution is -2.37. The van der Waals surface area contributed by atoms with Gasteiger partial charge < -0.3 is 15.1 Å². The molecule has 0 radical (unpaired) electrons. The minimum absolute atomic E-state index is 0.0968. The van der Waals surface area contributed by atoms with Crippen molar-refractivity contribution >= 4 is 28.9 Å². The van der Waals surface area contributed by atoms with E-state index in [0.29, 0.717) is 5.69 Å². The van der Waals surface area contributed by atoms with Crippen LogP contribution in [0.25, 0.3) is 0 Å². The number of carbonyl (C=O) groups excluding carboxylic acids is 2. The fraction of sp³-hybridized carbons (Fsp3) is 0.300. The van der Waals surface area contributed by atoms with Gasteiger partial charge in [-0.25, -0.2) is 4.39 Å². The van der Waals surface area contributed by atoms with Gasteiger partial charge in [0, 0.05) is 31.4 Å². The summed E-state index contributed by atoms with van der Waals surface area (Å²) in [5.41, 5.74) is 1.88. The van der Waals surface area contributed by atoms with E-state index in [0.717, 1.165) is 23.7 Å². The van der Waals surface area contributed by atoms with Gasteiger partial charge in [-0.3, -0.25) is 9.59 Å². The van der Waals surface area contributed by atoms with Crippen molar-refractivity contribution in [3.63, 3.8) is 0 Å². The van der Waals surface area contributed by atoms with Crippen LogP contribution in [0.5, 0.6) is 0 Å². The van der Waals surface area contributed by atoms with Gasteiger partial charge in [0.2, 0.25) is 11.8 Å². The van der Waals surface area contributed by atoms with Crippen LogP contribution < -0.4 is 15.1 Å². The lowest BCUT2D eigenvalue weighted by atomic mass is 10.2. The molecule has 0 atom stereocenters. The summed E-state index contributed by atoms with van der Waals surface area (Å²) in [7, 11) is 0. The van der Waals surface area contributed by atoms with Crippen molar-refractivity contribution in [1.82, 2.24) is 0 Å². The van der Waals surface area contributed by atoms with E-state index in [4.69, 9.17) is 0 Å². The first-order chi connectivity index (χ1) is 12.5. The van der Waals surface area contributed by atoms with Crippen molar-refractivity contribution in [2.24, 2.45) is 0 Å². The highest BCUT2D eigenvalue weighted by molar-refractivity contribution is 6.01. The smallest absolute Gasteiger partial charge is 0.244 e. The van der Waals surface area contributed by atoms with E-state index in [1.54, 1.807) is 12.1 Å². The summed E-state index contributed by atoms with van der Waals surface area (Å²) in [6.07, 6.45) is 2.41. The quantitative estimate of drug-likeness (QED) is 0.894. The molecule has 0 spiro atoms. The minimum Gasteiger partial charge on any atom is -0.372 e. The SMILES string of the molecule is CC(=O)N(CC(=O)Nc1ccc(N2CCCC2)cc1)c1ccccc1F. The molecule has 6 heteroatoms. The third kappa shape index (κ3) is 4.20. The number of para-hydroxylation sites is 1. The second-order valence-corrected chi connectivity index (χ2v) is 6.35. The minimum atomic E-state index is -0.537. The molecule has 0 aliphatic carbocycles. The zero-order chi connectivity index (χ0) is 18.5. The zero-order valence-corrected chi connectivity index (χ0v) is 14.7. The molecule has 2 aromatic carbocycles. The van der Waals surface area contributed by atoms with E-state index in [-0.39, 0.29) is 18.1 Å². The molecule has 3 rings (SSSR count). The van der Waals surface area contributed by atoms with Crippen LogP contribution in [0.15, 0.2) is 48.5 Å². The number of hydrogen-bond donors (Lipinski definition) is 1. The highest BCUT2D eigenvalue weighted by Gasteiger charge is 2.19. The number of amides is 2. The molecule has 0 saturated carbocycles. The fourth-order valence-electron chi connectivity index (χ4n) is 3.11. The van der Waals surface area contributed by atoms with E-state index in [2.05, 4.69) is 10.2 Å². The summed E-state index contributed by atoms with van der Waals surface area (Å²) in [6, 6.07) is 13.5. The summed E-state index contributed by atoms with van der Waals surface area (Å²) in [5.74, 6) is -1.31. The third-order valence-corrected chi connectivity index (χ3v) is 4.45. The van der Waals surface area contributed by atoms with Gasteiger partial charge in [-0.15, -0.1) is 0 Å². The Bertz CT molecular complexity index is 786. The summed E-state index contributed by atoms with van der Waals surface area (Å²) in [6.45, 7) is 3.18. The van der Waals surface area contributed by atoms with Crippen molar-refractivity contribution in [2.45, 2.75) is 19.8 Å². The number of benzene rings is 2. The molecule has 2 aromatic rings. The van der Waals surface area contributed by atoms with Gasteiger partial charge in [-0.2, -0.15) is 0 Å². The van der Waals surface area contributed by atoms with E-state index >= 15 is 0 Å². The Balaban J connectivity index is 1.65. The molecular weight excluding hydrogens is 333 g/mol. The molecule has 1 aliphatic heterocycles. The van der Waals surface area contributed by atoms with Gasteiger partial charge in [0.15, 0.2) is 0 Å². The van der Waals surface area contributed by atoms with E-state index in [1.807, 2.05) is 24.3 Å². The lowest BCUT2D eigenvalue weighted by Gasteiger charge is -2.21. The van der Waals surface area contributed by atoms with Crippen molar-refractivity contribution in [2.75, 3.05) is 34.8 Å². The second-order valence-electron chi connectivity index (χ2n) is 6.35. The Hall–Kier alpha value is -2.89. The second kappa shape index (κ2) is 7.99. The van der Waals surface area contributed by atoms with Crippen molar-refractivity contribution in [3.05, 3.63) is 54.3 Å². The number of rotatable bonds is 5. The molecule has 1 N–H and O–H groups in total. The third-order valence-electron chi connectivity index (χ3n) is 4.45. The highest BCUT2D eigenvalue weighted by Crippen LogP contribution is 2.22. The van der Waals surface area contributed by atoms with Crippen molar-refractivity contribution < 1.29 is 14.0 Å². The molecular formula is C20H22FN3O2. The molecule has 5 nitrogen and oxygen atoms in total. The number of halogens is 1.